The number of halogens is 1. The standard InChI is InChI=1S/C21H21BrSi/c22-17-10-18-23(19-11-4-1-5-12-19,20-13-6-2-7-14-20)21-15-8-3-9-16-21/h1-9,11-16H,10,17-18H2. The van der Waals surface area contributed by atoms with E-state index in [0.29, 0.717) is 0 Å². The molecule has 0 saturated carbocycles. The molecule has 0 bridgehead atoms. The normalized spacial score (nSPS) is 11.3. The zero-order valence-corrected chi connectivity index (χ0v) is 15.7. The summed E-state index contributed by atoms with van der Waals surface area (Å²) in [6.45, 7) is 0. The van der Waals surface area contributed by atoms with Crippen LogP contribution < -0.4 is 15.6 Å². The van der Waals surface area contributed by atoms with Gasteiger partial charge in [0.15, 0.2) is 0 Å². The first kappa shape index (κ1) is 16.2. The molecule has 23 heavy (non-hydrogen) atoms. The van der Waals surface area contributed by atoms with Gasteiger partial charge in [-0.25, -0.2) is 0 Å². The molecule has 0 aliphatic heterocycles. The molecule has 2 heteroatoms. The molecular formula is C21H21BrSi. The van der Waals surface area contributed by atoms with Crippen LogP contribution in [0, 0.1) is 0 Å². The van der Waals surface area contributed by atoms with Crippen LogP contribution in [-0.2, 0) is 0 Å². The quantitative estimate of drug-likeness (QED) is 0.345. The first-order valence-corrected chi connectivity index (χ1v) is 11.4. The van der Waals surface area contributed by atoms with Gasteiger partial charge in [0.25, 0.3) is 0 Å². The number of hydrogen-bond donors (Lipinski definition) is 0. The number of benzene rings is 3. The number of rotatable bonds is 6. The summed E-state index contributed by atoms with van der Waals surface area (Å²) in [6, 6.07) is 34.5. The van der Waals surface area contributed by atoms with Gasteiger partial charge in [0.2, 0.25) is 0 Å². The first-order valence-electron chi connectivity index (χ1n) is 8.10. The van der Waals surface area contributed by atoms with Crippen molar-refractivity contribution in [1.82, 2.24) is 0 Å². The zero-order valence-electron chi connectivity index (χ0n) is 13.2. The Bertz CT molecular complexity index is 614. The van der Waals surface area contributed by atoms with Crippen LogP contribution in [0.5, 0.6) is 0 Å². The molecule has 0 atom stereocenters. The second-order valence-corrected chi connectivity index (χ2v) is 10.6. The maximum atomic E-state index is 3.64. The van der Waals surface area contributed by atoms with Gasteiger partial charge < -0.3 is 0 Å². The van der Waals surface area contributed by atoms with Gasteiger partial charge in [-0.1, -0.05) is 107 Å². The van der Waals surface area contributed by atoms with Crippen LogP contribution in [0.3, 0.4) is 0 Å². The first-order chi connectivity index (χ1) is 11.4. The topological polar surface area (TPSA) is 0 Å². The summed E-state index contributed by atoms with van der Waals surface area (Å²) < 4.78 is 0. The minimum atomic E-state index is -1.97. The highest BCUT2D eigenvalue weighted by molar-refractivity contribution is 9.09. The highest BCUT2D eigenvalue weighted by Crippen LogP contribution is 2.15. The van der Waals surface area contributed by atoms with Gasteiger partial charge in [0.1, 0.15) is 8.07 Å². The van der Waals surface area contributed by atoms with Crippen LogP contribution >= 0.6 is 15.9 Å². The summed E-state index contributed by atoms with van der Waals surface area (Å²) in [5.41, 5.74) is 0. The molecule has 0 unspecified atom stereocenters. The van der Waals surface area contributed by atoms with E-state index in [-0.39, 0.29) is 0 Å². The van der Waals surface area contributed by atoms with E-state index in [9.17, 15) is 0 Å². The van der Waals surface area contributed by atoms with Crippen molar-refractivity contribution in [2.75, 3.05) is 5.33 Å². The van der Waals surface area contributed by atoms with Crippen molar-refractivity contribution in [3.05, 3.63) is 91.0 Å². The van der Waals surface area contributed by atoms with Crippen LogP contribution in [0.15, 0.2) is 91.0 Å². The van der Waals surface area contributed by atoms with Crippen molar-refractivity contribution in [3.63, 3.8) is 0 Å². The Morgan fingerprint density at radius 2 is 0.913 bits per heavy atom. The number of hydrogen-bond acceptors (Lipinski definition) is 0. The van der Waals surface area contributed by atoms with Crippen molar-refractivity contribution in [3.8, 4) is 0 Å². The van der Waals surface area contributed by atoms with Crippen LogP contribution in [0.4, 0.5) is 0 Å². The van der Waals surface area contributed by atoms with Crippen molar-refractivity contribution >= 4 is 39.6 Å². The molecule has 3 aromatic carbocycles. The lowest BCUT2D eigenvalue weighted by Gasteiger charge is -2.33. The van der Waals surface area contributed by atoms with Gasteiger partial charge in [-0.3, -0.25) is 0 Å². The Kier molecular flexibility index (Phi) is 5.47. The maximum Gasteiger partial charge on any atom is 0.148 e. The van der Waals surface area contributed by atoms with Gasteiger partial charge in [-0.15, -0.1) is 0 Å². The van der Waals surface area contributed by atoms with Gasteiger partial charge in [-0.2, -0.15) is 0 Å². The van der Waals surface area contributed by atoms with Gasteiger partial charge >= 0.3 is 0 Å². The molecule has 0 fully saturated rings. The van der Waals surface area contributed by atoms with Crippen molar-refractivity contribution in [2.45, 2.75) is 12.5 Å². The third kappa shape index (κ3) is 3.33. The second kappa shape index (κ2) is 7.76. The Morgan fingerprint density at radius 1 is 0.565 bits per heavy atom. The largest absolute Gasteiger partial charge is 0.148 e. The molecule has 0 aliphatic rings. The highest BCUT2D eigenvalue weighted by atomic mass is 79.9. The Hall–Kier alpha value is -1.64. The molecule has 0 aliphatic carbocycles. The van der Waals surface area contributed by atoms with Crippen LogP contribution in [-0.4, -0.2) is 13.4 Å². The lowest BCUT2D eigenvalue weighted by atomic mass is 10.3. The Morgan fingerprint density at radius 3 is 1.22 bits per heavy atom. The summed E-state index contributed by atoms with van der Waals surface area (Å²) in [5, 5.41) is 5.55. The average Bonchev–Trinajstić information content (AvgIpc) is 2.65. The van der Waals surface area contributed by atoms with E-state index in [4.69, 9.17) is 0 Å². The molecule has 0 amide bonds. The highest BCUT2D eigenvalue weighted by Gasteiger charge is 2.38. The molecule has 0 saturated heterocycles. The maximum absolute atomic E-state index is 3.64. The summed E-state index contributed by atoms with van der Waals surface area (Å²) in [6.07, 6.45) is 1.19. The molecule has 0 radical (unpaired) electrons. The lowest BCUT2D eigenvalue weighted by molar-refractivity contribution is 1.09. The van der Waals surface area contributed by atoms with Crippen LogP contribution in [0.1, 0.15) is 6.42 Å². The molecule has 0 N–H and O–H groups in total. The van der Waals surface area contributed by atoms with Gasteiger partial charge in [0.05, 0.1) is 0 Å². The fraction of sp³-hybridized carbons (Fsp3) is 0.143. The minimum Gasteiger partial charge on any atom is -0.0928 e. The lowest BCUT2D eigenvalue weighted by Crippen LogP contribution is -2.66. The molecule has 3 aromatic rings. The van der Waals surface area contributed by atoms with E-state index in [2.05, 4.69) is 107 Å². The smallest absolute Gasteiger partial charge is 0.0928 e. The fourth-order valence-corrected chi connectivity index (χ4v) is 9.09. The Balaban J connectivity index is 2.25. The van der Waals surface area contributed by atoms with E-state index in [1.165, 1.54) is 28.0 Å². The molecule has 0 heterocycles. The molecule has 3 rings (SSSR count). The third-order valence-corrected chi connectivity index (χ3v) is 10.1. The second-order valence-electron chi connectivity index (χ2n) is 5.80. The van der Waals surface area contributed by atoms with E-state index >= 15 is 0 Å². The van der Waals surface area contributed by atoms with Crippen molar-refractivity contribution in [2.24, 2.45) is 0 Å². The molecule has 0 spiro atoms. The Labute approximate surface area is 148 Å². The zero-order chi connectivity index (χ0) is 16.0. The van der Waals surface area contributed by atoms with Gasteiger partial charge in [-0.05, 0) is 28.0 Å². The van der Waals surface area contributed by atoms with E-state index in [1.807, 2.05) is 0 Å². The van der Waals surface area contributed by atoms with Crippen LogP contribution in [0.2, 0.25) is 6.04 Å². The summed E-state index contributed by atoms with van der Waals surface area (Å²) >= 11 is 3.64. The molecule has 0 aromatic heterocycles. The fourth-order valence-electron chi connectivity index (χ4n) is 3.43. The monoisotopic (exact) mass is 380 g/mol. The van der Waals surface area contributed by atoms with E-state index in [0.717, 1.165) is 5.33 Å². The predicted octanol–water partition coefficient (Wildman–Crippen LogP) is 3.94. The van der Waals surface area contributed by atoms with Crippen LogP contribution in [0.25, 0.3) is 0 Å². The number of alkyl halides is 1. The van der Waals surface area contributed by atoms with E-state index < -0.39 is 8.07 Å². The summed E-state index contributed by atoms with van der Waals surface area (Å²) in [4.78, 5) is 0. The average molecular weight is 381 g/mol. The predicted molar refractivity (Wildman–Crippen MR) is 107 cm³/mol. The summed E-state index contributed by atoms with van der Waals surface area (Å²) in [7, 11) is -1.97. The summed E-state index contributed by atoms with van der Waals surface area (Å²) in [5.74, 6) is 0. The van der Waals surface area contributed by atoms with Crippen molar-refractivity contribution < 1.29 is 0 Å². The molecular weight excluding hydrogens is 360 g/mol. The molecule has 116 valence electrons. The van der Waals surface area contributed by atoms with Gasteiger partial charge in [0, 0.05) is 5.33 Å². The minimum absolute atomic E-state index is 1.05. The van der Waals surface area contributed by atoms with Crippen molar-refractivity contribution in [1.29, 1.82) is 0 Å². The van der Waals surface area contributed by atoms with E-state index in [1.54, 1.807) is 0 Å². The SMILES string of the molecule is BrCCC[Si](c1ccccc1)(c1ccccc1)c1ccccc1. The third-order valence-electron chi connectivity index (χ3n) is 4.49. The molecule has 0 nitrogen and oxygen atoms in total.